The van der Waals surface area contributed by atoms with Crippen LogP contribution >= 0.6 is 11.8 Å². The lowest BCUT2D eigenvalue weighted by Crippen LogP contribution is -2.34. The van der Waals surface area contributed by atoms with Gasteiger partial charge in [-0.2, -0.15) is 10.5 Å². The molecule has 0 saturated heterocycles. The SMILES string of the molecule is Cc1ccccc1-n1c(SCC(=O)N(CCC#N)CCC#N)nc2ccccc2c1=O. The minimum atomic E-state index is -0.200. The molecule has 0 aliphatic rings. The largest absolute Gasteiger partial charge is 0.340 e. The highest BCUT2D eigenvalue weighted by Crippen LogP contribution is 2.23. The van der Waals surface area contributed by atoms with E-state index in [2.05, 4.69) is 4.98 Å². The van der Waals surface area contributed by atoms with Crippen LogP contribution in [0.5, 0.6) is 0 Å². The molecule has 1 amide bonds. The summed E-state index contributed by atoms with van der Waals surface area (Å²) in [5.74, 6) is -0.151. The van der Waals surface area contributed by atoms with Gasteiger partial charge >= 0.3 is 0 Å². The number of nitriles is 2. The molecule has 7 nitrogen and oxygen atoms in total. The molecule has 0 spiro atoms. The normalized spacial score (nSPS) is 10.4. The predicted octanol–water partition coefficient (Wildman–Crippen LogP) is 3.44. The van der Waals surface area contributed by atoms with Crippen molar-refractivity contribution in [3.05, 3.63) is 64.4 Å². The summed E-state index contributed by atoms with van der Waals surface area (Å²) in [5.41, 5.74) is 2.00. The second kappa shape index (κ2) is 10.4. The van der Waals surface area contributed by atoms with Gasteiger partial charge in [0.1, 0.15) is 0 Å². The van der Waals surface area contributed by atoms with Gasteiger partial charge in [-0.15, -0.1) is 0 Å². The molecule has 0 aliphatic heterocycles. The fourth-order valence-electron chi connectivity index (χ4n) is 3.18. The molecule has 8 heteroatoms. The van der Waals surface area contributed by atoms with Gasteiger partial charge in [0.15, 0.2) is 5.16 Å². The highest BCUT2D eigenvalue weighted by molar-refractivity contribution is 7.99. The number of aromatic nitrogens is 2. The lowest BCUT2D eigenvalue weighted by Gasteiger charge is -2.20. The number of carbonyl (C=O) groups excluding carboxylic acids is 1. The van der Waals surface area contributed by atoms with Crippen molar-refractivity contribution in [1.29, 1.82) is 10.5 Å². The molecule has 1 aromatic heterocycles. The molecule has 0 atom stereocenters. The summed E-state index contributed by atoms with van der Waals surface area (Å²) >= 11 is 1.18. The maximum atomic E-state index is 13.3. The third kappa shape index (κ3) is 5.11. The zero-order valence-electron chi connectivity index (χ0n) is 17.1. The minimum absolute atomic E-state index is 0.0491. The Bertz CT molecular complexity index is 1220. The fraction of sp³-hybridized carbons (Fsp3) is 0.261. The van der Waals surface area contributed by atoms with E-state index in [0.717, 1.165) is 5.56 Å². The molecule has 1 heterocycles. The number of amides is 1. The smallest absolute Gasteiger partial charge is 0.266 e. The average molecular weight is 432 g/mol. The zero-order chi connectivity index (χ0) is 22.2. The second-order valence-corrected chi connectivity index (χ2v) is 7.77. The molecule has 3 aromatic rings. The highest BCUT2D eigenvalue weighted by atomic mass is 32.2. The molecular formula is C23H21N5O2S. The van der Waals surface area contributed by atoms with Gasteiger partial charge in [0.2, 0.25) is 5.91 Å². The lowest BCUT2D eigenvalue weighted by molar-refractivity contribution is -0.128. The molecule has 3 rings (SSSR count). The molecule has 0 unspecified atom stereocenters. The molecule has 0 aliphatic carbocycles. The highest BCUT2D eigenvalue weighted by Gasteiger charge is 2.18. The van der Waals surface area contributed by atoms with Gasteiger partial charge < -0.3 is 4.90 Å². The second-order valence-electron chi connectivity index (χ2n) is 6.82. The van der Waals surface area contributed by atoms with Crippen molar-refractivity contribution in [3.63, 3.8) is 0 Å². The van der Waals surface area contributed by atoms with Crippen LogP contribution in [0.1, 0.15) is 18.4 Å². The number of nitrogens with zero attached hydrogens (tertiary/aromatic N) is 5. The summed E-state index contributed by atoms with van der Waals surface area (Å²) < 4.78 is 1.55. The number of benzene rings is 2. The number of rotatable bonds is 8. The Kier molecular flexibility index (Phi) is 7.42. The Hall–Kier alpha value is -3.62. The number of hydrogen-bond acceptors (Lipinski definition) is 6. The van der Waals surface area contributed by atoms with Crippen LogP contribution in [-0.4, -0.2) is 39.2 Å². The minimum Gasteiger partial charge on any atom is -0.340 e. The Balaban J connectivity index is 1.98. The van der Waals surface area contributed by atoms with E-state index in [1.54, 1.807) is 22.8 Å². The number of para-hydroxylation sites is 2. The van der Waals surface area contributed by atoms with Gasteiger partial charge in [-0.3, -0.25) is 14.2 Å². The Morgan fingerprint density at radius 3 is 2.39 bits per heavy atom. The van der Waals surface area contributed by atoms with Crippen molar-refractivity contribution in [2.24, 2.45) is 0 Å². The zero-order valence-corrected chi connectivity index (χ0v) is 17.9. The molecule has 0 radical (unpaired) electrons. The average Bonchev–Trinajstić information content (AvgIpc) is 2.78. The van der Waals surface area contributed by atoms with Gasteiger partial charge in [-0.05, 0) is 30.7 Å². The fourth-order valence-corrected chi connectivity index (χ4v) is 4.09. The Morgan fingerprint density at radius 1 is 1.06 bits per heavy atom. The number of fused-ring (bicyclic) bond motifs is 1. The van der Waals surface area contributed by atoms with E-state index >= 15 is 0 Å². The maximum Gasteiger partial charge on any atom is 0.266 e. The molecule has 2 aromatic carbocycles. The van der Waals surface area contributed by atoms with Crippen LogP contribution in [0.2, 0.25) is 0 Å². The Labute approximate surface area is 184 Å². The van der Waals surface area contributed by atoms with Crippen LogP contribution in [-0.2, 0) is 4.79 Å². The van der Waals surface area contributed by atoms with E-state index in [4.69, 9.17) is 10.5 Å². The van der Waals surface area contributed by atoms with Gasteiger partial charge in [0, 0.05) is 13.1 Å². The van der Waals surface area contributed by atoms with Crippen molar-refractivity contribution in [2.75, 3.05) is 18.8 Å². The van der Waals surface area contributed by atoms with Crippen molar-refractivity contribution in [3.8, 4) is 17.8 Å². The summed E-state index contributed by atoms with van der Waals surface area (Å²) in [5, 5.41) is 18.6. The van der Waals surface area contributed by atoms with Gasteiger partial charge in [-0.25, -0.2) is 4.98 Å². The molecule has 31 heavy (non-hydrogen) atoms. The van der Waals surface area contributed by atoms with Crippen LogP contribution < -0.4 is 5.56 Å². The van der Waals surface area contributed by atoms with Crippen LogP contribution in [0.3, 0.4) is 0 Å². The maximum absolute atomic E-state index is 13.3. The monoisotopic (exact) mass is 431 g/mol. The first kappa shape index (κ1) is 22.1. The summed E-state index contributed by atoms with van der Waals surface area (Å²) in [7, 11) is 0. The number of carbonyl (C=O) groups is 1. The van der Waals surface area contributed by atoms with Crippen molar-refractivity contribution >= 4 is 28.6 Å². The summed E-state index contributed by atoms with van der Waals surface area (Å²) in [6.07, 6.45) is 0.397. The van der Waals surface area contributed by atoms with Crippen LogP contribution in [0, 0.1) is 29.6 Å². The van der Waals surface area contributed by atoms with E-state index in [0.29, 0.717) is 21.7 Å². The van der Waals surface area contributed by atoms with Gasteiger partial charge in [-0.1, -0.05) is 42.1 Å². The predicted molar refractivity (Wildman–Crippen MR) is 120 cm³/mol. The van der Waals surface area contributed by atoms with Crippen LogP contribution in [0.25, 0.3) is 16.6 Å². The van der Waals surface area contributed by atoms with Crippen molar-refractivity contribution in [1.82, 2.24) is 14.5 Å². The Morgan fingerprint density at radius 2 is 1.71 bits per heavy atom. The first-order valence-corrected chi connectivity index (χ1v) is 10.8. The number of thioether (sulfide) groups is 1. The molecule has 0 fully saturated rings. The first-order valence-electron chi connectivity index (χ1n) is 9.79. The molecular weight excluding hydrogens is 410 g/mol. The summed E-state index contributed by atoms with van der Waals surface area (Å²) in [6, 6.07) is 18.7. The van der Waals surface area contributed by atoms with E-state index in [1.165, 1.54) is 16.7 Å². The summed E-state index contributed by atoms with van der Waals surface area (Å²) in [4.78, 5) is 32.2. The van der Waals surface area contributed by atoms with Crippen LogP contribution in [0.15, 0.2) is 58.5 Å². The van der Waals surface area contributed by atoms with Gasteiger partial charge in [0.25, 0.3) is 5.56 Å². The quantitative estimate of drug-likeness (QED) is 0.400. The van der Waals surface area contributed by atoms with E-state index < -0.39 is 0 Å². The topological polar surface area (TPSA) is 103 Å². The lowest BCUT2D eigenvalue weighted by atomic mass is 10.2. The third-order valence-corrected chi connectivity index (χ3v) is 5.69. The molecule has 0 N–H and O–H groups in total. The molecule has 0 saturated carbocycles. The van der Waals surface area contributed by atoms with Crippen molar-refractivity contribution in [2.45, 2.75) is 24.9 Å². The number of hydrogen-bond donors (Lipinski definition) is 0. The first-order chi connectivity index (χ1) is 15.1. The van der Waals surface area contributed by atoms with Crippen LogP contribution in [0.4, 0.5) is 0 Å². The van der Waals surface area contributed by atoms with Gasteiger partial charge in [0.05, 0.1) is 47.3 Å². The van der Waals surface area contributed by atoms with Crippen molar-refractivity contribution < 1.29 is 4.79 Å². The van der Waals surface area contributed by atoms with E-state index in [-0.39, 0.29) is 43.2 Å². The molecule has 0 bridgehead atoms. The molecule has 156 valence electrons. The van der Waals surface area contributed by atoms with E-state index in [9.17, 15) is 9.59 Å². The third-order valence-electron chi connectivity index (χ3n) is 4.77. The van der Waals surface area contributed by atoms with E-state index in [1.807, 2.05) is 49.4 Å². The standard InChI is InChI=1S/C23H21N5O2S/c1-17-8-2-5-11-20(17)28-22(30)18-9-3-4-10-19(18)26-23(28)31-16-21(29)27(14-6-12-24)15-7-13-25/h2-5,8-11H,6-7,14-16H2,1H3. The summed E-state index contributed by atoms with van der Waals surface area (Å²) in [6.45, 7) is 2.46. The number of aryl methyl sites for hydroxylation is 1.